The van der Waals surface area contributed by atoms with Gasteiger partial charge in [0, 0.05) is 28.5 Å². The van der Waals surface area contributed by atoms with Crippen LogP contribution in [0, 0.1) is 6.92 Å². The fourth-order valence-electron chi connectivity index (χ4n) is 2.36. The second kappa shape index (κ2) is 11.1. The van der Waals surface area contributed by atoms with Crippen molar-refractivity contribution >= 4 is 50.7 Å². The maximum atomic E-state index is 12.1. The molecule has 0 atom stereocenters. The van der Waals surface area contributed by atoms with E-state index in [-0.39, 0.29) is 24.8 Å². The Morgan fingerprint density at radius 3 is 2.20 bits per heavy atom. The zero-order valence-electron chi connectivity index (χ0n) is 16.9. The molecule has 0 saturated carbocycles. The molecule has 0 saturated heterocycles. The van der Waals surface area contributed by atoms with Gasteiger partial charge in [0.05, 0.1) is 6.42 Å². The summed E-state index contributed by atoms with van der Waals surface area (Å²) in [6, 6.07) is 12.1. The van der Waals surface area contributed by atoms with Crippen LogP contribution in [0.4, 0.5) is 11.4 Å². The monoisotopic (exact) mass is 474 g/mol. The fraction of sp³-hybridized carbons (Fsp3) is 0.238. The Kier molecular flexibility index (Phi) is 8.54. The van der Waals surface area contributed by atoms with Gasteiger partial charge < -0.3 is 15.4 Å². The summed E-state index contributed by atoms with van der Waals surface area (Å²) in [6.45, 7) is 4.79. The molecule has 0 aromatic heterocycles. The van der Waals surface area contributed by atoms with Gasteiger partial charge in [0.2, 0.25) is 11.8 Å². The number of hydrogen-bond donors (Lipinski definition) is 3. The van der Waals surface area contributed by atoms with Gasteiger partial charge in [-0.25, -0.2) is 5.43 Å². The molecule has 2 aromatic rings. The lowest BCUT2D eigenvalue weighted by Crippen LogP contribution is -2.26. The Hall–Kier alpha value is -3.20. The summed E-state index contributed by atoms with van der Waals surface area (Å²) in [5.74, 6) is -0.295. The van der Waals surface area contributed by atoms with Crippen molar-refractivity contribution in [2.45, 2.75) is 27.2 Å². The number of nitrogens with one attached hydrogen (secondary N) is 3. The minimum atomic E-state index is -0.427. The number of ether oxygens (including phenoxy) is 1. The fourth-order valence-corrected chi connectivity index (χ4v) is 2.61. The highest BCUT2D eigenvalue weighted by Gasteiger charge is 2.07. The molecule has 0 bridgehead atoms. The number of benzene rings is 2. The Morgan fingerprint density at radius 1 is 0.967 bits per heavy atom. The van der Waals surface area contributed by atoms with Gasteiger partial charge in [-0.05, 0) is 61.9 Å². The maximum Gasteiger partial charge on any atom is 0.277 e. The van der Waals surface area contributed by atoms with Gasteiger partial charge in [-0.15, -0.1) is 0 Å². The van der Waals surface area contributed by atoms with E-state index in [4.69, 9.17) is 4.74 Å². The number of hydrazone groups is 1. The summed E-state index contributed by atoms with van der Waals surface area (Å²) in [5.41, 5.74) is 5.03. The first kappa shape index (κ1) is 23.1. The second-order valence-corrected chi connectivity index (χ2v) is 7.42. The Bertz CT molecular complexity index is 958. The number of anilines is 2. The topological polar surface area (TPSA) is 109 Å². The average molecular weight is 475 g/mol. The zero-order chi connectivity index (χ0) is 22.1. The van der Waals surface area contributed by atoms with E-state index < -0.39 is 5.91 Å². The number of hydrogen-bond acceptors (Lipinski definition) is 5. The van der Waals surface area contributed by atoms with E-state index in [1.165, 1.54) is 6.92 Å². The SMILES string of the molecule is CC(=O)Nc1ccc(NC(=O)C/C(C)=N/NC(=O)COc2ccc(Br)c(C)c2)cc1. The zero-order valence-corrected chi connectivity index (χ0v) is 18.5. The quantitative estimate of drug-likeness (QED) is 0.400. The summed E-state index contributed by atoms with van der Waals surface area (Å²) in [6.07, 6.45) is 0.0144. The van der Waals surface area contributed by atoms with Crippen LogP contribution in [-0.2, 0) is 14.4 Å². The van der Waals surface area contributed by atoms with Crippen LogP contribution in [0.5, 0.6) is 5.75 Å². The predicted octanol–water partition coefficient (Wildman–Crippen LogP) is 3.62. The lowest BCUT2D eigenvalue weighted by molar-refractivity contribution is -0.123. The Morgan fingerprint density at radius 2 is 1.60 bits per heavy atom. The number of nitrogens with zero attached hydrogens (tertiary/aromatic N) is 1. The summed E-state index contributed by atoms with van der Waals surface area (Å²) in [5, 5.41) is 9.29. The first-order chi connectivity index (χ1) is 14.2. The van der Waals surface area contributed by atoms with Gasteiger partial charge in [0.25, 0.3) is 5.91 Å². The Balaban J connectivity index is 1.76. The van der Waals surface area contributed by atoms with E-state index >= 15 is 0 Å². The molecular formula is C21H23BrN4O4. The van der Waals surface area contributed by atoms with E-state index in [2.05, 4.69) is 37.1 Å². The summed E-state index contributed by atoms with van der Waals surface area (Å²) in [4.78, 5) is 35.0. The van der Waals surface area contributed by atoms with Crippen LogP contribution in [0.1, 0.15) is 25.8 Å². The molecule has 0 aliphatic carbocycles. The molecule has 158 valence electrons. The molecule has 0 heterocycles. The van der Waals surface area contributed by atoms with Crippen molar-refractivity contribution in [3.8, 4) is 5.75 Å². The van der Waals surface area contributed by atoms with Crippen LogP contribution in [0.25, 0.3) is 0 Å². The average Bonchev–Trinajstić information content (AvgIpc) is 2.68. The van der Waals surface area contributed by atoms with Gasteiger partial charge >= 0.3 is 0 Å². The number of carbonyl (C=O) groups is 3. The highest BCUT2D eigenvalue weighted by atomic mass is 79.9. The lowest BCUT2D eigenvalue weighted by atomic mass is 10.2. The van der Waals surface area contributed by atoms with E-state index in [0.717, 1.165) is 10.0 Å². The van der Waals surface area contributed by atoms with Crippen molar-refractivity contribution < 1.29 is 19.1 Å². The first-order valence-corrected chi connectivity index (χ1v) is 9.90. The van der Waals surface area contributed by atoms with E-state index in [1.807, 2.05) is 19.1 Å². The van der Waals surface area contributed by atoms with Crippen LogP contribution in [0.3, 0.4) is 0 Å². The van der Waals surface area contributed by atoms with Crippen LogP contribution >= 0.6 is 15.9 Å². The molecule has 0 aliphatic rings. The molecule has 30 heavy (non-hydrogen) atoms. The largest absolute Gasteiger partial charge is 0.484 e. The van der Waals surface area contributed by atoms with Crippen LogP contribution in [0.2, 0.25) is 0 Å². The highest BCUT2D eigenvalue weighted by molar-refractivity contribution is 9.10. The van der Waals surface area contributed by atoms with Crippen molar-refractivity contribution in [3.05, 3.63) is 52.5 Å². The summed E-state index contributed by atoms with van der Waals surface area (Å²) in [7, 11) is 0. The minimum Gasteiger partial charge on any atom is -0.484 e. The third kappa shape index (κ3) is 8.04. The number of amides is 3. The van der Waals surface area contributed by atoms with Gasteiger partial charge in [0.15, 0.2) is 6.61 Å². The molecule has 3 N–H and O–H groups in total. The normalized spacial score (nSPS) is 10.9. The van der Waals surface area contributed by atoms with E-state index in [0.29, 0.717) is 22.8 Å². The summed E-state index contributed by atoms with van der Waals surface area (Å²) >= 11 is 3.40. The molecule has 8 nitrogen and oxygen atoms in total. The number of rotatable bonds is 8. The van der Waals surface area contributed by atoms with Crippen molar-refractivity contribution in [3.63, 3.8) is 0 Å². The first-order valence-electron chi connectivity index (χ1n) is 9.11. The maximum absolute atomic E-state index is 12.1. The molecule has 3 amide bonds. The smallest absolute Gasteiger partial charge is 0.277 e. The molecule has 9 heteroatoms. The standard InChI is InChI=1S/C21H23BrN4O4/c1-13-10-18(8-9-19(13)22)30-12-21(29)26-25-14(2)11-20(28)24-17-6-4-16(5-7-17)23-15(3)27/h4-10H,11-12H2,1-3H3,(H,23,27)(H,24,28)(H,26,29)/b25-14+. The molecule has 0 unspecified atom stereocenters. The number of aryl methyl sites for hydroxylation is 1. The highest BCUT2D eigenvalue weighted by Crippen LogP contribution is 2.21. The van der Waals surface area contributed by atoms with Crippen molar-refractivity contribution in [1.82, 2.24) is 5.43 Å². The van der Waals surface area contributed by atoms with Gasteiger partial charge in [-0.3, -0.25) is 14.4 Å². The molecule has 0 spiro atoms. The predicted molar refractivity (Wildman–Crippen MR) is 120 cm³/mol. The second-order valence-electron chi connectivity index (χ2n) is 6.57. The van der Waals surface area contributed by atoms with Gasteiger partial charge in [0.1, 0.15) is 5.75 Å². The van der Waals surface area contributed by atoms with E-state index in [9.17, 15) is 14.4 Å². The van der Waals surface area contributed by atoms with Gasteiger partial charge in [-0.1, -0.05) is 15.9 Å². The molecule has 2 rings (SSSR count). The van der Waals surface area contributed by atoms with Crippen LogP contribution in [0.15, 0.2) is 52.0 Å². The van der Waals surface area contributed by atoms with Crippen molar-refractivity contribution in [1.29, 1.82) is 0 Å². The third-order valence-corrected chi connectivity index (χ3v) is 4.67. The van der Waals surface area contributed by atoms with Gasteiger partial charge in [-0.2, -0.15) is 5.10 Å². The molecule has 0 aliphatic heterocycles. The third-order valence-electron chi connectivity index (χ3n) is 3.78. The molecule has 0 radical (unpaired) electrons. The van der Waals surface area contributed by atoms with Crippen molar-refractivity contribution in [2.75, 3.05) is 17.2 Å². The van der Waals surface area contributed by atoms with E-state index in [1.54, 1.807) is 37.3 Å². The number of halogens is 1. The minimum absolute atomic E-state index is 0.0144. The molecular weight excluding hydrogens is 452 g/mol. The number of carbonyl (C=O) groups excluding carboxylic acids is 3. The molecule has 2 aromatic carbocycles. The summed E-state index contributed by atoms with van der Waals surface area (Å²) < 4.78 is 6.38. The van der Waals surface area contributed by atoms with Crippen molar-refractivity contribution in [2.24, 2.45) is 5.10 Å². The van der Waals surface area contributed by atoms with Crippen LogP contribution < -0.4 is 20.8 Å². The molecule has 0 fully saturated rings. The Labute approximate surface area is 183 Å². The van der Waals surface area contributed by atoms with Crippen LogP contribution in [-0.4, -0.2) is 30.0 Å². The lowest BCUT2D eigenvalue weighted by Gasteiger charge is -2.08.